The van der Waals surface area contributed by atoms with E-state index in [0.29, 0.717) is 25.1 Å². The van der Waals surface area contributed by atoms with Gasteiger partial charge in [-0.25, -0.2) is 4.79 Å². The van der Waals surface area contributed by atoms with E-state index in [1.807, 2.05) is 30.3 Å². The molecule has 2 heterocycles. The van der Waals surface area contributed by atoms with Gasteiger partial charge in [-0.05, 0) is 34.9 Å². The molecule has 0 aliphatic carbocycles. The zero-order valence-electron chi connectivity index (χ0n) is 13.1. The number of hydrogen-bond acceptors (Lipinski definition) is 3. The van der Waals surface area contributed by atoms with Crippen LogP contribution in [-0.4, -0.2) is 34.5 Å². The lowest BCUT2D eigenvalue weighted by atomic mass is 9.93. The molecule has 0 saturated heterocycles. The monoisotopic (exact) mass is 323 g/mol. The SMILES string of the molecule is O=C(O)[C@H]1Cc2ccccc2CN1C(=O)c1ccc2c(c1)CCO2. The highest BCUT2D eigenvalue weighted by Gasteiger charge is 2.35. The first-order chi connectivity index (χ1) is 11.6. The summed E-state index contributed by atoms with van der Waals surface area (Å²) in [7, 11) is 0. The normalized spacial score (nSPS) is 18.5. The number of amides is 1. The van der Waals surface area contributed by atoms with E-state index in [2.05, 4.69) is 0 Å². The standard InChI is InChI=1S/C19H17NO4/c21-18(14-5-6-17-13(9-14)7-8-24-17)20-11-15-4-2-1-3-12(15)10-16(20)19(22)23/h1-6,9,16H,7-8,10-11H2,(H,22,23)/t16-/m1/s1. The summed E-state index contributed by atoms with van der Waals surface area (Å²) in [5, 5.41) is 9.57. The van der Waals surface area contributed by atoms with Gasteiger partial charge in [-0.15, -0.1) is 0 Å². The van der Waals surface area contributed by atoms with Crippen LogP contribution in [0, 0.1) is 0 Å². The van der Waals surface area contributed by atoms with Crippen molar-refractivity contribution in [2.24, 2.45) is 0 Å². The number of nitrogens with zero attached hydrogens (tertiary/aromatic N) is 1. The second-order valence-electron chi connectivity index (χ2n) is 6.18. The summed E-state index contributed by atoms with van der Waals surface area (Å²) in [5.74, 6) is -0.403. The third-order valence-corrected chi connectivity index (χ3v) is 4.73. The number of carbonyl (C=O) groups is 2. The minimum atomic E-state index is -0.970. The van der Waals surface area contributed by atoms with Crippen LogP contribution in [0.3, 0.4) is 0 Å². The smallest absolute Gasteiger partial charge is 0.326 e. The van der Waals surface area contributed by atoms with E-state index in [1.54, 1.807) is 12.1 Å². The molecule has 2 aromatic carbocycles. The van der Waals surface area contributed by atoms with Crippen molar-refractivity contribution in [3.63, 3.8) is 0 Å². The summed E-state index contributed by atoms with van der Waals surface area (Å²) < 4.78 is 5.47. The number of benzene rings is 2. The topological polar surface area (TPSA) is 66.8 Å². The molecule has 0 bridgehead atoms. The van der Waals surface area contributed by atoms with Crippen LogP contribution < -0.4 is 4.74 Å². The van der Waals surface area contributed by atoms with Gasteiger partial charge >= 0.3 is 5.97 Å². The van der Waals surface area contributed by atoms with Crippen molar-refractivity contribution in [1.29, 1.82) is 0 Å². The molecule has 24 heavy (non-hydrogen) atoms. The van der Waals surface area contributed by atoms with Gasteiger partial charge in [-0.3, -0.25) is 4.79 Å². The lowest BCUT2D eigenvalue weighted by Gasteiger charge is -2.34. The fraction of sp³-hybridized carbons (Fsp3) is 0.263. The van der Waals surface area contributed by atoms with Crippen molar-refractivity contribution in [2.45, 2.75) is 25.4 Å². The number of carboxylic acids is 1. The van der Waals surface area contributed by atoms with Gasteiger partial charge in [0.25, 0.3) is 5.91 Å². The van der Waals surface area contributed by atoms with Gasteiger partial charge < -0.3 is 14.7 Å². The molecule has 2 aliphatic heterocycles. The number of aliphatic carboxylic acids is 1. The van der Waals surface area contributed by atoms with Crippen LogP contribution in [0.4, 0.5) is 0 Å². The molecule has 2 aromatic rings. The maximum absolute atomic E-state index is 12.9. The van der Waals surface area contributed by atoms with Crippen molar-refractivity contribution >= 4 is 11.9 Å². The third kappa shape index (κ3) is 2.42. The quantitative estimate of drug-likeness (QED) is 0.921. The molecule has 0 fully saturated rings. The first kappa shape index (κ1) is 14.8. The molecule has 5 nitrogen and oxygen atoms in total. The van der Waals surface area contributed by atoms with Gasteiger partial charge in [-0.2, -0.15) is 0 Å². The molecule has 1 amide bonds. The van der Waals surface area contributed by atoms with Gasteiger partial charge in [-0.1, -0.05) is 24.3 Å². The van der Waals surface area contributed by atoms with E-state index < -0.39 is 12.0 Å². The van der Waals surface area contributed by atoms with E-state index in [1.165, 1.54) is 4.90 Å². The van der Waals surface area contributed by atoms with Crippen molar-refractivity contribution in [1.82, 2.24) is 4.90 Å². The van der Waals surface area contributed by atoms with E-state index >= 15 is 0 Å². The Morgan fingerprint density at radius 3 is 2.67 bits per heavy atom. The molecule has 122 valence electrons. The zero-order valence-corrected chi connectivity index (χ0v) is 13.1. The second kappa shape index (κ2) is 5.67. The highest BCUT2D eigenvalue weighted by Crippen LogP contribution is 2.29. The number of ether oxygens (including phenoxy) is 1. The number of carboxylic acid groups (broad SMARTS) is 1. The number of rotatable bonds is 2. The van der Waals surface area contributed by atoms with Crippen LogP contribution in [-0.2, 0) is 24.2 Å². The zero-order chi connectivity index (χ0) is 16.7. The second-order valence-corrected chi connectivity index (χ2v) is 6.18. The van der Waals surface area contributed by atoms with E-state index in [4.69, 9.17) is 4.74 Å². The molecule has 0 aromatic heterocycles. The van der Waals surface area contributed by atoms with E-state index in [9.17, 15) is 14.7 Å². The largest absolute Gasteiger partial charge is 0.493 e. The van der Waals surface area contributed by atoms with E-state index in [-0.39, 0.29) is 5.91 Å². The highest BCUT2D eigenvalue weighted by atomic mass is 16.5. The molecule has 1 atom stereocenters. The Bertz CT molecular complexity index is 830. The van der Waals surface area contributed by atoms with Crippen LogP contribution in [0.15, 0.2) is 42.5 Å². The molecule has 4 rings (SSSR count). The minimum absolute atomic E-state index is 0.244. The van der Waals surface area contributed by atoms with Gasteiger partial charge in [0.1, 0.15) is 11.8 Å². The summed E-state index contributed by atoms with van der Waals surface area (Å²) in [6, 6.07) is 12.2. The number of hydrogen-bond donors (Lipinski definition) is 1. The minimum Gasteiger partial charge on any atom is -0.493 e. The molecular formula is C19H17NO4. The molecule has 5 heteroatoms. The molecular weight excluding hydrogens is 306 g/mol. The average molecular weight is 323 g/mol. The Kier molecular flexibility index (Phi) is 3.49. The summed E-state index contributed by atoms with van der Waals surface area (Å²) >= 11 is 0. The fourth-order valence-corrected chi connectivity index (χ4v) is 3.44. The predicted molar refractivity (Wildman–Crippen MR) is 87.1 cm³/mol. The Morgan fingerprint density at radius 2 is 1.88 bits per heavy atom. The van der Waals surface area contributed by atoms with Gasteiger partial charge in [0, 0.05) is 24.9 Å². The van der Waals surface area contributed by atoms with Crippen LogP contribution in [0.1, 0.15) is 27.0 Å². The van der Waals surface area contributed by atoms with E-state index in [0.717, 1.165) is 28.9 Å². The van der Waals surface area contributed by atoms with Crippen LogP contribution >= 0.6 is 0 Å². The lowest BCUT2D eigenvalue weighted by Crippen LogP contribution is -2.48. The first-order valence-corrected chi connectivity index (χ1v) is 8.00. The maximum atomic E-state index is 12.9. The van der Waals surface area contributed by atoms with Crippen molar-refractivity contribution in [3.8, 4) is 5.75 Å². The number of carbonyl (C=O) groups excluding carboxylic acids is 1. The van der Waals surface area contributed by atoms with Crippen LogP contribution in [0.25, 0.3) is 0 Å². The molecule has 0 saturated carbocycles. The van der Waals surface area contributed by atoms with Crippen molar-refractivity contribution in [3.05, 3.63) is 64.7 Å². The third-order valence-electron chi connectivity index (χ3n) is 4.73. The molecule has 1 N–H and O–H groups in total. The molecule has 0 spiro atoms. The van der Waals surface area contributed by atoms with Crippen LogP contribution in [0.2, 0.25) is 0 Å². The number of fused-ring (bicyclic) bond motifs is 2. The maximum Gasteiger partial charge on any atom is 0.326 e. The summed E-state index contributed by atoms with van der Waals surface area (Å²) in [5.41, 5.74) is 3.53. The summed E-state index contributed by atoms with van der Waals surface area (Å²) in [4.78, 5) is 26.1. The Morgan fingerprint density at radius 1 is 1.08 bits per heavy atom. The predicted octanol–water partition coefficient (Wildman–Crippen LogP) is 2.27. The lowest BCUT2D eigenvalue weighted by molar-refractivity contribution is -0.142. The highest BCUT2D eigenvalue weighted by molar-refractivity contribution is 5.97. The van der Waals surface area contributed by atoms with Gasteiger partial charge in [0.05, 0.1) is 6.61 Å². The fourth-order valence-electron chi connectivity index (χ4n) is 3.44. The van der Waals surface area contributed by atoms with Gasteiger partial charge in [0.2, 0.25) is 0 Å². The summed E-state index contributed by atoms with van der Waals surface area (Å²) in [6.07, 6.45) is 1.12. The Balaban J connectivity index is 1.68. The molecule has 0 unspecified atom stereocenters. The van der Waals surface area contributed by atoms with Crippen LogP contribution in [0.5, 0.6) is 5.75 Å². The van der Waals surface area contributed by atoms with Crippen molar-refractivity contribution in [2.75, 3.05) is 6.61 Å². The summed E-state index contributed by atoms with van der Waals surface area (Å²) in [6.45, 7) is 0.946. The first-order valence-electron chi connectivity index (χ1n) is 8.00. The van der Waals surface area contributed by atoms with Crippen molar-refractivity contribution < 1.29 is 19.4 Å². The average Bonchev–Trinajstić information content (AvgIpc) is 3.07. The Hall–Kier alpha value is -2.82. The Labute approximate surface area is 139 Å². The molecule has 0 radical (unpaired) electrons. The van der Waals surface area contributed by atoms with Gasteiger partial charge in [0.15, 0.2) is 0 Å². The molecule has 2 aliphatic rings.